The lowest BCUT2D eigenvalue weighted by Gasteiger charge is -2.14. The van der Waals surface area contributed by atoms with Gasteiger partial charge in [0.1, 0.15) is 0 Å². The molecule has 4 nitrogen and oxygen atoms in total. The van der Waals surface area contributed by atoms with E-state index in [0.29, 0.717) is 0 Å². The van der Waals surface area contributed by atoms with E-state index in [4.69, 9.17) is 5.11 Å². The molecule has 0 aliphatic rings. The SMILES string of the molecule is CC(C)NC(=O)C[C@@H](CC(=O)O)c1cccs1. The van der Waals surface area contributed by atoms with Gasteiger partial charge < -0.3 is 10.4 Å². The molecule has 0 saturated carbocycles. The van der Waals surface area contributed by atoms with Crippen molar-refractivity contribution in [3.63, 3.8) is 0 Å². The number of carbonyl (C=O) groups excluding carboxylic acids is 1. The van der Waals surface area contributed by atoms with E-state index in [9.17, 15) is 9.59 Å². The number of hydrogen-bond donors (Lipinski definition) is 2. The van der Waals surface area contributed by atoms with E-state index in [1.807, 2.05) is 31.4 Å². The number of amides is 1. The van der Waals surface area contributed by atoms with Crippen LogP contribution in [-0.2, 0) is 9.59 Å². The molecule has 1 aromatic heterocycles. The van der Waals surface area contributed by atoms with Crippen LogP contribution in [0.3, 0.4) is 0 Å². The van der Waals surface area contributed by atoms with Gasteiger partial charge in [-0.1, -0.05) is 6.07 Å². The van der Waals surface area contributed by atoms with Crippen molar-refractivity contribution >= 4 is 23.2 Å². The zero-order chi connectivity index (χ0) is 12.8. The molecular weight excluding hydrogens is 238 g/mol. The third-order valence-electron chi connectivity index (χ3n) is 2.25. The molecule has 1 aromatic rings. The summed E-state index contributed by atoms with van der Waals surface area (Å²) in [7, 11) is 0. The van der Waals surface area contributed by atoms with Gasteiger partial charge in [-0.05, 0) is 25.3 Å². The summed E-state index contributed by atoms with van der Waals surface area (Å²) in [6.45, 7) is 3.77. The molecule has 1 rings (SSSR count). The summed E-state index contributed by atoms with van der Waals surface area (Å²) in [5.41, 5.74) is 0. The summed E-state index contributed by atoms with van der Waals surface area (Å²) in [6, 6.07) is 3.83. The highest BCUT2D eigenvalue weighted by atomic mass is 32.1. The molecule has 0 radical (unpaired) electrons. The van der Waals surface area contributed by atoms with E-state index in [1.54, 1.807) is 0 Å². The van der Waals surface area contributed by atoms with Crippen molar-refractivity contribution in [1.82, 2.24) is 5.32 Å². The van der Waals surface area contributed by atoms with Crippen LogP contribution in [0.4, 0.5) is 0 Å². The van der Waals surface area contributed by atoms with Crippen molar-refractivity contribution in [2.24, 2.45) is 0 Å². The molecule has 94 valence electrons. The van der Waals surface area contributed by atoms with Gasteiger partial charge in [-0.2, -0.15) is 0 Å². The quantitative estimate of drug-likeness (QED) is 0.819. The second-order valence-corrected chi connectivity index (χ2v) is 5.22. The minimum atomic E-state index is -0.874. The van der Waals surface area contributed by atoms with E-state index in [0.717, 1.165) is 4.88 Å². The van der Waals surface area contributed by atoms with Crippen LogP contribution < -0.4 is 5.32 Å². The van der Waals surface area contributed by atoms with Crippen molar-refractivity contribution in [2.45, 2.75) is 38.6 Å². The first-order valence-corrected chi connectivity index (χ1v) is 6.41. The molecule has 0 spiro atoms. The Morgan fingerprint density at radius 1 is 1.41 bits per heavy atom. The number of nitrogens with one attached hydrogen (secondary N) is 1. The molecule has 17 heavy (non-hydrogen) atoms. The second kappa shape index (κ2) is 6.39. The third-order valence-corrected chi connectivity index (χ3v) is 3.28. The average Bonchev–Trinajstić information content (AvgIpc) is 2.66. The lowest BCUT2D eigenvalue weighted by molar-refractivity contribution is -0.137. The summed E-state index contributed by atoms with van der Waals surface area (Å²) < 4.78 is 0. The van der Waals surface area contributed by atoms with Crippen LogP contribution in [0.5, 0.6) is 0 Å². The molecule has 1 atom stereocenters. The normalized spacial score (nSPS) is 12.4. The van der Waals surface area contributed by atoms with Crippen molar-refractivity contribution in [3.8, 4) is 0 Å². The topological polar surface area (TPSA) is 66.4 Å². The zero-order valence-corrected chi connectivity index (χ0v) is 10.8. The number of thiophene rings is 1. The smallest absolute Gasteiger partial charge is 0.304 e. The van der Waals surface area contributed by atoms with Gasteiger partial charge in [0.05, 0.1) is 6.42 Å². The standard InChI is InChI=1S/C12H17NO3S/c1-8(2)13-11(14)6-9(7-12(15)16)10-4-3-5-17-10/h3-5,8-9H,6-7H2,1-2H3,(H,13,14)(H,15,16)/t9-/m0/s1. The first kappa shape index (κ1) is 13.7. The maximum atomic E-state index is 11.6. The average molecular weight is 255 g/mol. The van der Waals surface area contributed by atoms with Crippen molar-refractivity contribution in [2.75, 3.05) is 0 Å². The van der Waals surface area contributed by atoms with E-state index in [2.05, 4.69) is 5.32 Å². The Kier molecular flexibility index (Phi) is 5.15. The van der Waals surface area contributed by atoms with Crippen LogP contribution in [-0.4, -0.2) is 23.0 Å². The van der Waals surface area contributed by atoms with Gasteiger partial charge in [-0.25, -0.2) is 0 Å². The summed E-state index contributed by atoms with van der Waals surface area (Å²) >= 11 is 1.49. The fraction of sp³-hybridized carbons (Fsp3) is 0.500. The summed E-state index contributed by atoms with van der Waals surface area (Å²) in [4.78, 5) is 23.4. The summed E-state index contributed by atoms with van der Waals surface area (Å²) in [5, 5.41) is 13.5. The minimum absolute atomic E-state index is 0.00791. The van der Waals surface area contributed by atoms with Crippen LogP contribution in [0.15, 0.2) is 17.5 Å². The van der Waals surface area contributed by atoms with Crippen LogP contribution in [0.2, 0.25) is 0 Å². The van der Waals surface area contributed by atoms with E-state index in [1.165, 1.54) is 11.3 Å². The maximum Gasteiger partial charge on any atom is 0.304 e. The van der Waals surface area contributed by atoms with E-state index >= 15 is 0 Å². The molecule has 0 aliphatic heterocycles. The predicted octanol–water partition coefficient (Wildman–Crippen LogP) is 2.22. The number of aliphatic carboxylic acids is 1. The molecular formula is C12H17NO3S. The molecule has 5 heteroatoms. The van der Waals surface area contributed by atoms with E-state index < -0.39 is 5.97 Å². The second-order valence-electron chi connectivity index (χ2n) is 4.24. The molecule has 0 aromatic carbocycles. The Hall–Kier alpha value is -1.36. The first-order valence-electron chi connectivity index (χ1n) is 5.53. The molecule has 0 aliphatic carbocycles. The van der Waals surface area contributed by atoms with Gasteiger partial charge in [0.15, 0.2) is 0 Å². The van der Waals surface area contributed by atoms with Gasteiger partial charge in [0.25, 0.3) is 0 Å². The lowest BCUT2D eigenvalue weighted by atomic mass is 9.99. The Labute approximate surface area is 105 Å². The van der Waals surface area contributed by atoms with Crippen LogP contribution in [0, 0.1) is 0 Å². The first-order chi connectivity index (χ1) is 7.99. The fourth-order valence-electron chi connectivity index (χ4n) is 1.61. The number of rotatable bonds is 6. The van der Waals surface area contributed by atoms with Crippen molar-refractivity contribution < 1.29 is 14.7 Å². The van der Waals surface area contributed by atoms with Gasteiger partial charge in [-0.15, -0.1) is 11.3 Å². The summed E-state index contributed by atoms with van der Waals surface area (Å²) in [6.07, 6.45) is 0.219. The van der Waals surface area contributed by atoms with Gasteiger partial charge in [0, 0.05) is 23.3 Å². The minimum Gasteiger partial charge on any atom is -0.481 e. The van der Waals surface area contributed by atoms with Gasteiger partial charge >= 0.3 is 5.97 Å². The zero-order valence-electron chi connectivity index (χ0n) is 9.97. The molecule has 1 amide bonds. The molecule has 0 bridgehead atoms. The number of carboxylic acids is 1. The Bertz CT molecular complexity index is 373. The third kappa shape index (κ3) is 4.99. The number of carbonyl (C=O) groups is 2. The van der Waals surface area contributed by atoms with Crippen LogP contribution in [0.1, 0.15) is 37.5 Å². The Balaban J connectivity index is 2.65. The van der Waals surface area contributed by atoms with Crippen LogP contribution >= 0.6 is 11.3 Å². The Morgan fingerprint density at radius 2 is 2.12 bits per heavy atom. The molecule has 2 N–H and O–H groups in total. The Morgan fingerprint density at radius 3 is 2.59 bits per heavy atom. The number of hydrogen-bond acceptors (Lipinski definition) is 3. The van der Waals surface area contributed by atoms with E-state index in [-0.39, 0.29) is 30.7 Å². The van der Waals surface area contributed by atoms with Gasteiger partial charge in [0.2, 0.25) is 5.91 Å². The predicted molar refractivity (Wildman–Crippen MR) is 67.2 cm³/mol. The van der Waals surface area contributed by atoms with Gasteiger partial charge in [-0.3, -0.25) is 9.59 Å². The largest absolute Gasteiger partial charge is 0.481 e. The molecule has 0 fully saturated rings. The molecule has 0 saturated heterocycles. The van der Waals surface area contributed by atoms with Crippen LogP contribution in [0.25, 0.3) is 0 Å². The maximum absolute atomic E-state index is 11.6. The number of carboxylic acid groups (broad SMARTS) is 1. The highest BCUT2D eigenvalue weighted by Crippen LogP contribution is 2.27. The molecule has 1 heterocycles. The lowest BCUT2D eigenvalue weighted by Crippen LogP contribution is -2.31. The van der Waals surface area contributed by atoms with Crippen molar-refractivity contribution in [1.29, 1.82) is 0 Å². The van der Waals surface area contributed by atoms with Crippen molar-refractivity contribution in [3.05, 3.63) is 22.4 Å². The highest BCUT2D eigenvalue weighted by molar-refractivity contribution is 7.10. The summed E-state index contributed by atoms with van der Waals surface area (Å²) in [5.74, 6) is -1.20. The monoisotopic (exact) mass is 255 g/mol. The fourth-order valence-corrected chi connectivity index (χ4v) is 2.44. The highest BCUT2D eigenvalue weighted by Gasteiger charge is 2.20. The molecule has 0 unspecified atom stereocenters.